The molecule has 1 aliphatic heterocycles. The summed E-state index contributed by atoms with van der Waals surface area (Å²) in [5.41, 5.74) is -0.335. The standard InChI is InChI=1S/C21H21F3N2O3/c1-13-4-6-16(7-5-13)18-11-20(28,21(22,23)24)26(25-18)19(27)12-29-17-9-14(2)8-15(3)10-17/h4-10,28H,11-12H2,1-3H3. The molecule has 154 valence electrons. The van der Waals surface area contributed by atoms with E-state index < -0.39 is 30.8 Å². The topological polar surface area (TPSA) is 62.1 Å². The van der Waals surface area contributed by atoms with Crippen LogP contribution in [0.5, 0.6) is 5.75 Å². The van der Waals surface area contributed by atoms with E-state index in [0.717, 1.165) is 16.7 Å². The summed E-state index contributed by atoms with van der Waals surface area (Å²) in [6.45, 7) is 4.82. The Labute approximate surface area is 166 Å². The first-order valence-corrected chi connectivity index (χ1v) is 8.97. The fourth-order valence-corrected chi connectivity index (χ4v) is 3.16. The lowest BCUT2D eigenvalue weighted by atomic mass is 10.00. The van der Waals surface area contributed by atoms with Crippen molar-refractivity contribution in [3.63, 3.8) is 0 Å². The van der Waals surface area contributed by atoms with Crippen LogP contribution < -0.4 is 4.74 Å². The van der Waals surface area contributed by atoms with Gasteiger partial charge in [-0.05, 0) is 49.6 Å². The van der Waals surface area contributed by atoms with Crippen molar-refractivity contribution >= 4 is 11.6 Å². The second-order valence-electron chi connectivity index (χ2n) is 7.22. The summed E-state index contributed by atoms with van der Waals surface area (Å²) < 4.78 is 46.2. The number of carbonyl (C=O) groups is 1. The summed E-state index contributed by atoms with van der Waals surface area (Å²) >= 11 is 0. The van der Waals surface area contributed by atoms with Crippen molar-refractivity contribution in [2.75, 3.05) is 6.61 Å². The smallest absolute Gasteiger partial charge is 0.438 e. The van der Waals surface area contributed by atoms with Gasteiger partial charge in [0.2, 0.25) is 0 Å². The van der Waals surface area contributed by atoms with Crippen molar-refractivity contribution in [3.8, 4) is 5.75 Å². The van der Waals surface area contributed by atoms with Crippen LogP contribution in [0.1, 0.15) is 28.7 Å². The molecule has 8 heteroatoms. The lowest BCUT2D eigenvalue weighted by Crippen LogP contribution is -2.57. The molecule has 2 aromatic rings. The van der Waals surface area contributed by atoms with Gasteiger partial charge in [0, 0.05) is 0 Å². The number of hydrogen-bond acceptors (Lipinski definition) is 4. The molecule has 0 aromatic heterocycles. The molecule has 1 heterocycles. The molecular formula is C21H21F3N2O3. The van der Waals surface area contributed by atoms with Gasteiger partial charge in [-0.25, -0.2) is 0 Å². The Kier molecular flexibility index (Phi) is 5.40. The normalized spacial score (nSPS) is 19.3. The Morgan fingerprint density at radius 3 is 2.24 bits per heavy atom. The predicted molar refractivity (Wildman–Crippen MR) is 102 cm³/mol. The van der Waals surface area contributed by atoms with Crippen LogP contribution in [0.4, 0.5) is 13.2 Å². The van der Waals surface area contributed by atoms with Crippen LogP contribution >= 0.6 is 0 Å². The third-order valence-corrected chi connectivity index (χ3v) is 4.62. The van der Waals surface area contributed by atoms with E-state index >= 15 is 0 Å². The maximum Gasteiger partial charge on any atom is 0.438 e. The van der Waals surface area contributed by atoms with Crippen molar-refractivity contribution in [1.82, 2.24) is 5.01 Å². The Morgan fingerprint density at radius 1 is 1.10 bits per heavy atom. The molecule has 1 N–H and O–H groups in total. The number of amides is 1. The largest absolute Gasteiger partial charge is 0.484 e. The molecule has 5 nitrogen and oxygen atoms in total. The number of hydrogen-bond donors (Lipinski definition) is 1. The number of aliphatic hydroxyl groups is 1. The van der Waals surface area contributed by atoms with Gasteiger partial charge in [0.1, 0.15) is 5.75 Å². The third-order valence-electron chi connectivity index (χ3n) is 4.62. The second kappa shape index (κ2) is 7.51. The Bertz CT molecular complexity index is 934. The highest BCUT2D eigenvalue weighted by Crippen LogP contribution is 2.41. The molecule has 29 heavy (non-hydrogen) atoms. The van der Waals surface area contributed by atoms with Crippen LogP contribution in [-0.2, 0) is 4.79 Å². The van der Waals surface area contributed by atoms with E-state index in [0.29, 0.717) is 11.3 Å². The number of nitrogens with zero attached hydrogens (tertiary/aromatic N) is 2. The number of aryl methyl sites for hydroxylation is 3. The van der Waals surface area contributed by atoms with Gasteiger partial charge in [-0.1, -0.05) is 35.9 Å². The number of carbonyl (C=O) groups excluding carboxylic acids is 1. The van der Waals surface area contributed by atoms with Crippen molar-refractivity contribution < 1.29 is 27.8 Å². The first-order chi connectivity index (χ1) is 13.5. The lowest BCUT2D eigenvalue weighted by molar-refractivity contribution is -0.302. The lowest BCUT2D eigenvalue weighted by Gasteiger charge is -2.32. The van der Waals surface area contributed by atoms with Gasteiger partial charge in [0.05, 0.1) is 12.1 Å². The molecule has 0 saturated heterocycles. The second-order valence-corrected chi connectivity index (χ2v) is 7.22. The van der Waals surface area contributed by atoms with Gasteiger partial charge in [0.15, 0.2) is 6.61 Å². The molecule has 1 amide bonds. The summed E-state index contributed by atoms with van der Waals surface area (Å²) in [5.74, 6) is -0.737. The van der Waals surface area contributed by atoms with Gasteiger partial charge in [-0.2, -0.15) is 23.3 Å². The van der Waals surface area contributed by atoms with E-state index in [2.05, 4.69) is 5.10 Å². The maximum absolute atomic E-state index is 13.6. The highest BCUT2D eigenvalue weighted by Gasteiger charge is 2.63. The summed E-state index contributed by atoms with van der Waals surface area (Å²) in [5, 5.41) is 14.2. The average Bonchev–Trinajstić information content (AvgIpc) is 2.98. The number of alkyl halides is 3. The van der Waals surface area contributed by atoms with E-state index in [1.165, 1.54) is 0 Å². The molecule has 0 spiro atoms. The Morgan fingerprint density at radius 2 is 1.69 bits per heavy atom. The zero-order valence-electron chi connectivity index (χ0n) is 16.2. The molecule has 0 fully saturated rings. The van der Waals surface area contributed by atoms with Crippen molar-refractivity contribution in [1.29, 1.82) is 0 Å². The van der Waals surface area contributed by atoms with E-state index in [4.69, 9.17) is 4.74 Å². The van der Waals surface area contributed by atoms with Crippen LogP contribution in [-0.4, -0.2) is 40.2 Å². The first kappa shape index (κ1) is 20.9. The number of hydrazone groups is 1. The average molecular weight is 406 g/mol. The number of rotatable bonds is 4. The molecule has 1 unspecified atom stereocenters. The molecule has 0 bridgehead atoms. The zero-order chi connectivity index (χ0) is 21.4. The van der Waals surface area contributed by atoms with Crippen LogP contribution in [0.2, 0.25) is 0 Å². The van der Waals surface area contributed by atoms with Crippen LogP contribution in [0.15, 0.2) is 47.6 Å². The van der Waals surface area contributed by atoms with Crippen LogP contribution in [0, 0.1) is 20.8 Å². The number of halogens is 3. The minimum Gasteiger partial charge on any atom is -0.484 e. The van der Waals surface area contributed by atoms with Gasteiger partial charge < -0.3 is 9.84 Å². The van der Waals surface area contributed by atoms with Gasteiger partial charge >= 0.3 is 6.18 Å². The molecule has 1 aliphatic rings. The zero-order valence-corrected chi connectivity index (χ0v) is 16.2. The summed E-state index contributed by atoms with van der Waals surface area (Å²) in [6, 6.07) is 11.9. The van der Waals surface area contributed by atoms with Crippen molar-refractivity contribution in [2.24, 2.45) is 5.10 Å². The third kappa shape index (κ3) is 4.27. The molecule has 3 rings (SSSR count). The summed E-state index contributed by atoms with van der Waals surface area (Å²) in [4.78, 5) is 12.5. The highest BCUT2D eigenvalue weighted by atomic mass is 19.4. The van der Waals surface area contributed by atoms with E-state index in [1.54, 1.807) is 36.4 Å². The van der Waals surface area contributed by atoms with Gasteiger partial charge in [0.25, 0.3) is 11.6 Å². The number of ether oxygens (including phenoxy) is 1. The minimum absolute atomic E-state index is 0.0235. The fraction of sp³-hybridized carbons (Fsp3) is 0.333. The van der Waals surface area contributed by atoms with Crippen molar-refractivity contribution in [3.05, 3.63) is 64.7 Å². The van der Waals surface area contributed by atoms with E-state index in [-0.39, 0.29) is 10.7 Å². The van der Waals surface area contributed by atoms with Gasteiger partial charge in [-0.3, -0.25) is 4.79 Å². The molecule has 0 saturated carbocycles. The van der Waals surface area contributed by atoms with Crippen LogP contribution in [0.3, 0.4) is 0 Å². The van der Waals surface area contributed by atoms with E-state index in [9.17, 15) is 23.1 Å². The molecule has 2 aromatic carbocycles. The fourth-order valence-electron chi connectivity index (χ4n) is 3.16. The molecule has 0 radical (unpaired) electrons. The van der Waals surface area contributed by atoms with Crippen molar-refractivity contribution in [2.45, 2.75) is 39.1 Å². The Hall–Kier alpha value is -2.87. The monoisotopic (exact) mass is 406 g/mol. The summed E-state index contributed by atoms with van der Waals surface area (Å²) in [7, 11) is 0. The summed E-state index contributed by atoms with van der Waals surface area (Å²) in [6.07, 6.45) is -5.94. The maximum atomic E-state index is 13.6. The molecule has 0 aliphatic carbocycles. The van der Waals surface area contributed by atoms with E-state index in [1.807, 2.05) is 26.8 Å². The highest BCUT2D eigenvalue weighted by molar-refractivity contribution is 6.03. The molecular weight excluding hydrogens is 385 g/mol. The quantitative estimate of drug-likeness (QED) is 0.838. The Balaban J connectivity index is 1.85. The van der Waals surface area contributed by atoms with Crippen LogP contribution in [0.25, 0.3) is 0 Å². The molecule has 1 atom stereocenters. The van der Waals surface area contributed by atoms with Gasteiger partial charge in [-0.15, -0.1) is 0 Å². The number of benzene rings is 2. The SMILES string of the molecule is Cc1ccc(C2=NN(C(=O)COc3cc(C)cc(C)c3)C(O)(C(F)(F)F)C2)cc1. The predicted octanol–water partition coefficient (Wildman–Crippen LogP) is 3.88. The first-order valence-electron chi connectivity index (χ1n) is 8.97. The minimum atomic E-state index is -5.08.